The molecule has 0 aliphatic carbocycles. The normalized spacial score (nSPS) is 19.2. The molecule has 0 radical (unpaired) electrons. The summed E-state index contributed by atoms with van der Waals surface area (Å²) in [7, 11) is 0. The quantitative estimate of drug-likeness (QED) is 0.674. The van der Waals surface area contributed by atoms with Crippen LogP contribution < -0.4 is 5.63 Å². The highest BCUT2D eigenvalue weighted by atomic mass is 79.9. The zero-order valence-electron chi connectivity index (χ0n) is 16.0. The van der Waals surface area contributed by atoms with Gasteiger partial charge in [-0.3, -0.25) is 14.6 Å². The van der Waals surface area contributed by atoms with Crippen molar-refractivity contribution in [3.63, 3.8) is 0 Å². The summed E-state index contributed by atoms with van der Waals surface area (Å²) in [6.45, 7) is 6.63. The van der Waals surface area contributed by atoms with Gasteiger partial charge in [-0.15, -0.1) is 0 Å². The van der Waals surface area contributed by atoms with E-state index in [0.717, 1.165) is 74.1 Å². The van der Waals surface area contributed by atoms with Crippen LogP contribution in [0.25, 0.3) is 11.0 Å². The Hall–Kier alpha value is -1.70. The number of fused-ring (bicyclic) bond motifs is 1. The third-order valence-electron chi connectivity index (χ3n) is 5.72. The number of carbonyl (C=O) groups excluding carboxylic acids is 1. The molecule has 6 nitrogen and oxygen atoms in total. The van der Waals surface area contributed by atoms with Crippen LogP contribution in [-0.4, -0.2) is 66.4 Å². The Morgan fingerprint density at radius 2 is 1.68 bits per heavy atom. The lowest BCUT2D eigenvalue weighted by atomic mass is 10.1. The average molecular weight is 448 g/mol. The second-order valence-corrected chi connectivity index (χ2v) is 8.64. The lowest BCUT2D eigenvalue weighted by Crippen LogP contribution is -2.50. The molecule has 28 heavy (non-hydrogen) atoms. The van der Waals surface area contributed by atoms with Crippen LogP contribution in [0.1, 0.15) is 24.8 Å². The fraction of sp³-hybridized carbons (Fsp3) is 0.524. The number of likely N-dealkylation sites (tertiary alicyclic amines) is 1. The van der Waals surface area contributed by atoms with Crippen molar-refractivity contribution in [3.05, 3.63) is 44.7 Å². The molecule has 0 atom stereocenters. The molecule has 0 N–H and O–H groups in total. The smallest absolute Gasteiger partial charge is 0.336 e. The summed E-state index contributed by atoms with van der Waals surface area (Å²) in [5.41, 5.74) is 1.30. The Bertz CT molecular complexity index is 899. The molecule has 3 heterocycles. The summed E-state index contributed by atoms with van der Waals surface area (Å²) >= 11 is 3.43. The van der Waals surface area contributed by atoms with Gasteiger partial charge in [-0.05, 0) is 43.0 Å². The molecule has 0 unspecified atom stereocenters. The molecule has 2 aliphatic heterocycles. The highest BCUT2D eigenvalue weighted by Crippen LogP contribution is 2.23. The Morgan fingerprint density at radius 3 is 2.43 bits per heavy atom. The Labute approximate surface area is 173 Å². The maximum absolute atomic E-state index is 12.5. The molecular formula is C21H26BrN3O3. The van der Waals surface area contributed by atoms with Crippen molar-refractivity contribution >= 4 is 32.8 Å². The third kappa shape index (κ3) is 4.64. The maximum Gasteiger partial charge on any atom is 0.336 e. The second kappa shape index (κ2) is 8.76. The van der Waals surface area contributed by atoms with Gasteiger partial charge in [0.25, 0.3) is 0 Å². The zero-order chi connectivity index (χ0) is 19.5. The van der Waals surface area contributed by atoms with Gasteiger partial charge in [0, 0.05) is 61.7 Å². The standard InChI is InChI=1S/C21H26BrN3O3/c22-17-4-5-18-16(12-21(27)28-19(18)13-17)14-23-8-10-24(11-9-23)15-20(26)25-6-2-1-3-7-25/h4-5,12-13H,1-3,6-11,14-15H2. The van der Waals surface area contributed by atoms with Crippen molar-refractivity contribution in [1.29, 1.82) is 0 Å². The summed E-state index contributed by atoms with van der Waals surface area (Å²) in [5, 5.41) is 0.977. The molecule has 2 saturated heterocycles. The van der Waals surface area contributed by atoms with Gasteiger partial charge in [-0.2, -0.15) is 0 Å². The maximum atomic E-state index is 12.5. The van der Waals surface area contributed by atoms with Crippen LogP contribution in [0, 0.1) is 0 Å². The van der Waals surface area contributed by atoms with E-state index < -0.39 is 0 Å². The van der Waals surface area contributed by atoms with E-state index in [-0.39, 0.29) is 11.5 Å². The molecular weight excluding hydrogens is 422 g/mol. The lowest BCUT2D eigenvalue weighted by Gasteiger charge is -2.36. The van der Waals surface area contributed by atoms with E-state index in [1.54, 1.807) is 6.07 Å². The number of rotatable bonds is 4. The van der Waals surface area contributed by atoms with Crippen molar-refractivity contribution < 1.29 is 9.21 Å². The number of halogens is 1. The first-order valence-corrected chi connectivity index (χ1v) is 10.8. The minimum Gasteiger partial charge on any atom is -0.423 e. The molecule has 0 bridgehead atoms. The van der Waals surface area contributed by atoms with Crippen LogP contribution in [0.15, 0.2) is 37.9 Å². The minimum absolute atomic E-state index is 0.269. The molecule has 2 fully saturated rings. The van der Waals surface area contributed by atoms with Gasteiger partial charge in [-0.1, -0.05) is 15.9 Å². The van der Waals surface area contributed by atoms with E-state index in [9.17, 15) is 9.59 Å². The predicted octanol–water partition coefficient (Wildman–Crippen LogP) is 2.69. The Morgan fingerprint density at radius 1 is 0.964 bits per heavy atom. The van der Waals surface area contributed by atoms with Crippen molar-refractivity contribution in [3.8, 4) is 0 Å². The van der Waals surface area contributed by atoms with Crippen LogP contribution in [-0.2, 0) is 11.3 Å². The number of hydrogen-bond donors (Lipinski definition) is 0. The number of piperazine rings is 1. The minimum atomic E-state index is -0.314. The molecule has 0 spiro atoms. The summed E-state index contributed by atoms with van der Waals surface area (Å²) in [6.07, 6.45) is 3.51. The predicted molar refractivity (Wildman–Crippen MR) is 112 cm³/mol. The first kappa shape index (κ1) is 19.6. The summed E-state index contributed by atoms with van der Waals surface area (Å²) in [5.74, 6) is 0.269. The van der Waals surface area contributed by atoms with Crippen molar-refractivity contribution in [2.24, 2.45) is 0 Å². The van der Waals surface area contributed by atoms with E-state index in [1.165, 1.54) is 6.42 Å². The molecule has 4 rings (SSSR count). The van der Waals surface area contributed by atoms with E-state index in [4.69, 9.17) is 4.42 Å². The highest BCUT2D eigenvalue weighted by Gasteiger charge is 2.23. The van der Waals surface area contributed by atoms with Crippen LogP contribution in [0.3, 0.4) is 0 Å². The molecule has 2 aliphatic rings. The highest BCUT2D eigenvalue weighted by molar-refractivity contribution is 9.10. The Kier molecular flexibility index (Phi) is 6.13. The number of hydrogen-bond acceptors (Lipinski definition) is 5. The first-order chi connectivity index (χ1) is 13.6. The first-order valence-electron chi connectivity index (χ1n) is 10.0. The second-order valence-electron chi connectivity index (χ2n) is 7.72. The van der Waals surface area contributed by atoms with Gasteiger partial charge in [0.15, 0.2) is 0 Å². The van der Waals surface area contributed by atoms with Gasteiger partial charge >= 0.3 is 5.63 Å². The van der Waals surface area contributed by atoms with E-state index in [2.05, 4.69) is 25.7 Å². The molecule has 2 aromatic rings. The van der Waals surface area contributed by atoms with E-state index in [0.29, 0.717) is 12.1 Å². The largest absolute Gasteiger partial charge is 0.423 e. The van der Waals surface area contributed by atoms with E-state index in [1.807, 2.05) is 23.1 Å². The van der Waals surface area contributed by atoms with Crippen LogP contribution >= 0.6 is 15.9 Å². The van der Waals surface area contributed by atoms with Crippen LogP contribution in [0.5, 0.6) is 0 Å². The molecule has 1 amide bonds. The summed E-state index contributed by atoms with van der Waals surface area (Å²) in [6, 6.07) is 7.40. The monoisotopic (exact) mass is 447 g/mol. The molecule has 150 valence electrons. The molecule has 7 heteroatoms. The van der Waals surface area contributed by atoms with Crippen molar-refractivity contribution in [1.82, 2.24) is 14.7 Å². The third-order valence-corrected chi connectivity index (χ3v) is 6.21. The fourth-order valence-electron chi connectivity index (χ4n) is 4.12. The number of benzene rings is 1. The lowest BCUT2D eigenvalue weighted by molar-refractivity contribution is -0.133. The van der Waals surface area contributed by atoms with Gasteiger partial charge in [-0.25, -0.2) is 4.79 Å². The Balaban J connectivity index is 1.35. The van der Waals surface area contributed by atoms with Gasteiger partial charge in [0.2, 0.25) is 5.91 Å². The summed E-state index contributed by atoms with van der Waals surface area (Å²) < 4.78 is 6.23. The van der Waals surface area contributed by atoms with E-state index >= 15 is 0 Å². The van der Waals surface area contributed by atoms with Crippen LogP contribution in [0.4, 0.5) is 0 Å². The average Bonchev–Trinajstić information content (AvgIpc) is 2.69. The number of amides is 1. The number of carbonyl (C=O) groups is 1. The van der Waals surface area contributed by atoms with Gasteiger partial charge in [0.1, 0.15) is 5.58 Å². The fourth-order valence-corrected chi connectivity index (χ4v) is 4.46. The van der Waals surface area contributed by atoms with Crippen molar-refractivity contribution in [2.75, 3.05) is 45.8 Å². The molecule has 1 aromatic heterocycles. The van der Waals surface area contributed by atoms with Gasteiger partial charge in [0.05, 0.1) is 6.54 Å². The molecule has 1 aromatic carbocycles. The topological polar surface area (TPSA) is 57.0 Å². The number of nitrogens with zero attached hydrogens (tertiary/aromatic N) is 3. The van der Waals surface area contributed by atoms with Gasteiger partial charge < -0.3 is 9.32 Å². The molecule has 0 saturated carbocycles. The van der Waals surface area contributed by atoms with Crippen LogP contribution in [0.2, 0.25) is 0 Å². The SMILES string of the molecule is O=C(CN1CCN(Cc2cc(=O)oc3cc(Br)ccc23)CC1)N1CCCCC1. The zero-order valence-corrected chi connectivity index (χ0v) is 17.6. The number of piperidine rings is 1. The summed E-state index contributed by atoms with van der Waals surface area (Å²) in [4.78, 5) is 31.0. The van der Waals surface area contributed by atoms with Crippen molar-refractivity contribution in [2.45, 2.75) is 25.8 Å².